The zero-order valence-corrected chi connectivity index (χ0v) is 16.4. The van der Waals surface area contributed by atoms with Crippen LogP contribution in [-0.4, -0.2) is 19.4 Å². The maximum Gasteiger partial charge on any atom is 0.175 e. The zero-order valence-electron chi connectivity index (χ0n) is 13.3. The fraction of sp³-hybridized carbons (Fsp3) is 0.235. The van der Waals surface area contributed by atoms with E-state index in [9.17, 15) is 0 Å². The first-order valence-electron chi connectivity index (χ1n) is 7.38. The normalized spacial score (nSPS) is 10.9. The highest BCUT2D eigenvalue weighted by Crippen LogP contribution is 2.36. The lowest BCUT2D eigenvalue weighted by atomic mass is 10.2. The molecule has 1 N–H and O–H groups in total. The van der Waals surface area contributed by atoms with Crippen LogP contribution in [0.15, 0.2) is 39.9 Å². The molecule has 0 unspecified atom stereocenters. The van der Waals surface area contributed by atoms with E-state index in [1.807, 2.05) is 26.0 Å². The lowest BCUT2D eigenvalue weighted by molar-refractivity contribution is 0.286. The summed E-state index contributed by atoms with van der Waals surface area (Å²) >= 11 is 15.4. The monoisotopic (exact) mass is 430 g/mol. The molecule has 0 aliphatic heterocycles. The highest BCUT2D eigenvalue weighted by atomic mass is 79.9. The first-order valence-corrected chi connectivity index (χ1v) is 8.93. The summed E-state index contributed by atoms with van der Waals surface area (Å²) in [4.78, 5) is 0. The van der Waals surface area contributed by atoms with E-state index < -0.39 is 0 Å². The van der Waals surface area contributed by atoms with E-state index in [1.54, 1.807) is 24.4 Å². The summed E-state index contributed by atoms with van der Waals surface area (Å²) in [7, 11) is 0. The average Bonchev–Trinajstić information content (AvgIpc) is 2.54. The molecule has 0 fully saturated rings. The van der Waals surface area contributed by atoms with Crippen molar-refractivity contribution in [3.05, 3.63) is 50.4 Å². The van der Waals surface area contributed by atoms with Gasteiger partial charge >= 0.3 is 0 Å². The predicted octanol–water partition coefficient (Wildman–Crippen LogP) is 6.00. The van der Waals surface area contributed by atoms with Gasteiger partial charge in [0.25, 0.3) is 0 Å². The molecule has 0 heterocycles. The predicted molar refractivity (Wildman–Crippen MR) is 104 cm³/mol. The summed E-state index contributed by atoms with van der Waals surface area (Å²) < 4.78 is 12.1. The van der Waals surface area contributed by atoms with Gasteiger partial charge in [0.1, 0.15) is 0 Å². The van der Waals surface area contributed by atoms with Gasteiger partial charge in [0.05, 0.1) is 39.6 Å². The number of nitrogens with zero attached hydrogens (tertiary/aromatic N) is 1. The molecule has 0 amide bonds. The Morgan fingerprint density at radius 2 is 1.83 bits per heavy atom. The van der Waals surface area contributed by atoms with Crippen molar-refractivity contribution in [1.29, 1.82) is 0 Å². The lowest BCUT2D eigenvalue weighted by Gasteiger charge is -2.13. The average molecular weight is 432 g/mol. The number of hydrogen-bond acceptors (Lipinski definition) is 4. The Kier molecular flexibility index (Phi) is 7.21. The standard InChI is InChI=1S/C17H17BrCl2N2O2/c1-3-23-16-8-11(7-13(18)17(16)24-4-2)10-21-22-12-5-6-14(19)15(20)9-12/h5-10,22H,3-4H2,1-2H3. The van der Waals surface area contributed by atoms with Gasteiger partial charge in [-0.15, -0.1) is 0 Å². The van der Waals surface area contributed by atoms with Crippen LogP contribution in [0.1, 0.15) is 19.4 Å². The Labute approximate surface area is 159 Å². The molecule has 0 aliphatic carbocycles. The van der Waals surface area contributed by atoms with Crippen LogP contribution in [0.2, 0.25) is 10.0 Å². The second kappa shape index (κ2) is 9.16. The van der Waals surface area contributed by atoms with Crippen molar-refractivity contribution in [3.63, 3.8) is 0 Å². The van der Waals surface area contributed by atoms with Crippen LogP contribution in [0.3, 0.4) is 0 Å². The van der Waals surface area contributed by atoms with E-state index in [0.29, 0.717) is 34.8 Å². The molecule has 2 aromatic carbocycles. The van der Waals surface area contributed by atoms with Gasteiger partial charge in [-0.3, -0.25) is 5.43 Å². The molecule has 0 saturated carbocycles. The van der Waals surface area contributed by atoms with E-state index in [0.717, 1.165) is 15.7 Å². The van der Waals surface area contributed by atoms with Crippen molar-refractivity contribution in [3.8, 4) is 11.5 Å². The number of ether oxygens (including phenoxy) is 2. The third-order valence-corrected chi connectivity index (χ3v) is 4.28. The molecule has 2 aromatic rings. The number of nitrogens with one attached hydrogen (secondary N) is 1. The van der Waals surface area contributed by atoms with E-state index >= 15 is 0 Å². The fourth-order valence-corrected chi connectivity index (χ4v) is 2.83. The van der Waals surface area contributed by atoms with Crippen LogP contribution < -0.4 is 14.9 Å². The summed E-state index contributed by atoms with van der Waals surface area (Å²) in [5.74, 6) is 1.36. The Hall–Kier alpha value is -1.43. The van der Waals surface area contributed by atoms with Crippen LogP contribution in [0, 0.1) is 0 Å². The molecule has 128 valence electrons. The van der Waals surface area contributed by atoms with Gasteiger partial charge in [0.2, 0.25) is 0 Å². The maximum absolute atomic E-state index is 5.97. The molecule has 7 heteroatoms. The molecule has 0 aromatic heterocycles. The van der Waals surface area contributed by atoms with Crippen molar-refractivity contribution < 1.29 is 9.47 Å². The molecular formula is C17H17BrCl2N2O2. The van der Waals surface area contributed by atoms with Crippen molar-refractivity contribution in [2.75, 3.05) is 18.6 Å². The molecular weight excluding hydrogens is 415 g/mol. The third-order valence-electron chi connectivity index (χ3n) is 2.95. The topological polar surface area (TPSA) is 42.8 Å². The Balaban J connectivity index is 2.17. The van der Waals surface area contributed by atoms with Gasteiger partial charge in [0, 0.05) is 0 Å². The molecule has 4 nitrogen and oxygen atoms in total. The minimum absolute atomic E-state index is 0.472. The van der Waals surface area contributed by atoms with Gasteiger partial charge in [-0.05, 0) is 65.7 Å². The van der Waals surface area contributed by atoms with E-state index in [-0.39, 0.29) is 0 Å². The smallest absolute Gasteiger partial charge is 0.175 e. The minimum atomic E-state index is 0.472. The van der Waals surface area contributed by atoms with Crippen molar-refractivity contribution in [2.24, 2.45) is 5.10 Å². The Morgan fingerprint density at radius 3 is 2.50 bits per heavy atom. The summed E-state index contributed by atoms with van der Waals surface area (Å²) in [6.07, 6.45) is 1.69. The largest absolute Gasteiger partial charge is 0.490 e. The third kappa shape index (κ3) is 5.03. The van der Waals surface area contributed by atoms with Crippen molar-refractivity contribution >= 4 is 51.0 Å². The van der Waals surface area contributed by atoms with Crippen LogP contribution in [-0.2, 0) is 0 Å². The second-order valence-electron chi connectivity index (χ2n) is 4.69. The summed E-state index contributed by atoms with van der Waals surface area (Å²) in [5, 5.41) is 5.18. The first kappa shape index (κ1) is 18.9. The molecule has 0 saturated heterocycles. The molecule has 0 radical (unpaired) electrons. The molecule has 24 heavy (non-hydrogen) atoms. The molecule has 0 atom stereocenters. The van der Waals surface area contributed by atoms with Gasteiger partial charge in [-0.25, -0.2) is 0 Å². The summed E-state index contributed by atoms with van der Waals surface area (Å²) in [6.45, 7) is 4.97. The first-order chi connectivity index (χ1) is 11.5. The lowest BCUT2D eigenvalue weighted by Crippen LogP contribution is -2.00. The van der Waals surface area contributed by atoms with Crippen LogP contribution in [0.25, 0.3) is 0 Å². The van der Waals surface area contributed by atoms with Crippen LogP contribution in [0.4, 0.5) is 5.69 Å². The van der Waals surface area contributed by atoms with Crippen molar-refractivity contribution in [1.82, 2.24) is 0 Å². The summed E-state index contributed by atoms with van der Waals surface area (Å²) in [5.41, 5.74) is 4.52. The number of benzene rings is 2. The van der Waals surface area contributed by atoms with E-state index in [2.05, 4.69) is 26.5 Å². The van der Waals surface area contributed by atoms with Gasteiger partial charge in [-0.2, -0.15) is 5.10 Å². The van der Waals surface area contributed by atoms with E-state index in [4.69, 9.17) is 32.7 Å². The molecule has 0 aliphatic rings. The minimum Gasteiger partial charge on any atom is -0.490 e. The number of anilines is 1. The number of hydrogen-bond donors (Lipinski definition) is 1. The highest BCUT2D eigenvalue weighted by molar-refractivity contribution is 9.10. The van der Waals surface area contributed by atoms with E-state index in [1.165, 1.54) is 0 Å². The van der Waals surface area contributed by atoms with Crippen LogP contribution in [0.5, 0.6) is 11.5 Å². The van der Waals surface area contributed by atoms with Gasteiger partial charge in [0.15, 0.2) is 11.5 Å². The quantitative estimate of drug-likeness (QED) is 0.431. The number of rotatable bonds is 7. The Morgan fingerprint density at radius 1 is 1.08 bits per heavy atom. The second-order valence-corrected chi connectivity index (χ2v) is 6.36. The van der Waals surface area contributed by atoms with Crippen molar-refractivity contribution in [2.45, 2.75) is 13.8 Å². The Bertz CT molecular complexity index is 739. The molecule has 2 rings (SSSR count). The fourth-order valence-electron chi connectivity index (χ4n) is 1.96. The van der Waals surface area contributed by atoms with Gasteiger partial charge < -0.3 is 9.47 Å². The zero-order chi connectivity index (χ0) is 17.5. The summed E-state index contributed by atoms with van der Waals surface area (Å²) in [6, 6.07) is 9.00. The number of halogens is 3. The van der Waals surface area contributed by atoms with Gasteiger partial charge in [-0.1, -0.05) is 23.2 Å². The van der Waals surface area contributed by atoms with Crippen LogP contribution >= 0.6 is 39.1 Å². The SMILES string of the molecule is CCOc1cc(C=NNc2ccc(Cl)c(Cl)c2)cc(Br)c1OCC. The number of hydrazone groups is 1. The molecule has 0 bridgehead atoms. The maximum atomic E-state index is 5.97. The molecule has 0 spiro atoms. The highest BCUT2D eigenvalue weighted by Gasteiger charge is 2.11.